The number of ether oxygens (including phenoxy) is 2. The molecule has 6 heteroatoms. The van der Waals surface area contributed by atoms with Gasteiger partial charge in [-0.3, -0.25) is 4.79 Å². The second-order valence-electron chi connectivity index (χ2n) is 11.0. The Labute approximate surface area is 215 Å². The lowest BCUT2D eigenvalue weighted by Crippen LogP contribution is -2.47. The molecule has 2 N–H and O–H groups in total. The van der Waals surface area contributed by atoms with Gasteiger partial charge in [-0.1, -0.05) is 42.5 Å². The number of rotatable bonds is 11. The largest absolute Gasteiger partial charge is 0.490 e. The minimum atomic E-state index is -0.712. The first kappa shape index (κ1) is 25.2. The standard InChI is InChI=1S/C30H40N2O4/c33-29(34)9-14-32-15-12-30(13-16-32,22-31-28-20-27(28)24-6-2-1-3-7-24)21-23-5-4-8-26(19-23)36-25-10-17-35-18-11-25/h1-8,19,25,27-28,31H,9-18,20-22H2,(H,33,34). The van der Waals surface area contributed by atoms with Gasteiger partial charge in [-0.15, -0.1) is 0 Å². The van der Waals surface area contributed by atoms with Gasteiger partial charge in [-0.25, -0.2) is 0 Å². The van der Waals surface area contributed by atoms with Gasteiger partial charge in [0.05, 0.1) is 19.6 Å². The molecule has 0 amide bonds. The molecule has 1 saturated carbocycles. The molecule has 6 nitrogen and oxygen atoms in total. The minimum Gasteiger partial charge on any atom is -0.490 e. The molecule has 0 aromatic heterocycles. The predicted octanol–water partition coefficient (Wildman–Crippen LogP) is 4.49. The number of carboxylic acid groups (broad SMARTS) is 1. The minimum absolute atomic E-state index is 0.168. The Bertz CT molecular complexity index is 983. The van der Waals surface area contributed by atoms with Crippen molar-refractivity contribution in [3.63, 3.8) is 0 Å². The van der Waals surface area contributed by atoms with Gasteiger partial charge >= 0.3 is 5.97 Å². The molecule has 2 saturated heterocycles. The summed E-state index contributed by atoms with van der Waals surface area (Å²) in [5, 5.41) is 13.0. The Morgan fingerprint density at radius 1 is 1.08 bits per heavy atom. The van der Waals surface area contributed by atoms with Crippen LogP contribution in [0.1, 0.15) is 55.6 Å². The molecule has 3 fully saturated rings. The summed E-state index contributed by atoms with van der Waals surface area (Å²) >= 11 is 0. The summed E-state index contributed by atoms with van der Waals surface area (Å²) < 4.78 is 11.8. The van der Waals surface area contributed by atoms with Crippen LogP contribution in [0.15, 0.2) is 54.6 Å². The van der Waals surface area contributed by atoms with E-state index in [1.807, 2.05) is 0 Å². The van der Waals surface area contributed by atoms with Crippen molar-refractivity contribution in [3.8, 4) is 5.75 Å². The van der Waals surface area contributed by atoms with Crippen LogP contribution in [0.4, 0.5) is 0 Å². The van der Waals surface area contributed by atoms with E-state index in [0.29, 0.717) is 18.5 Å². The van der Waals surface area contributed by atoms with E-state index < -0.39 is 5.97 Å². The van der Waals surface area contributed by atoms with E-state index in [9.17, 15) is 4.79 Å². The fourth-order valence-corrected chi connectivity index (χ4v) is 5.91. The van der Waals surface area contributed by atoms with Crippen LogP contribution >= 0.6 is 0 Å². The van der Waals surface area contributed by atoms with Crippen LogP contribution in [0.5, 0.6) is 5.75 Å². The predicted molar refractivity (Wildman–Crippen MR) is 141 cm³/mol. The van der Waals surface area contributed by atoms with Crippen molar-refractivity contribution in [2.75, 3.05) is 39.4 Å². The van der Waals surface area contributed by atoms with E-state index in [1.165, 1.54) is 17.5 Å². The molecule has 2 unspecified atom stereocenters. The number of benzene rings is 2. The van der Waals surface area contributed by atoms with Gasteiger partial charge in [0.2, 0.25) is 0 Å². The van der Waals surface area contributed by atoms with Crippen LogP contribution in [-0.2, 0) is 16.0 Å². The quantitative estimate of drug-likeness (QED) is 0.482. The van der Waals surface area contributed by atoms with Gasteiger partial charge in [0.15, 0.2) is 0 Å². The normalized spacial score (nSPS) is 24.3. The number of hydrogen-bond donors (Lipinski definition) is 2. The molecule has 3 aliphatic rings. The Balaban J connectivity index is 1.23. The maximum atomic E-state index is 11.1. The zero-order valence-corrected chi connectivity index (χ0v) is 21.2. The number of carboxylic acids is 1. The van der Waals surface area contributed by atoms with Crippen LogP contribution < -0.4 is 10.1 Å². The number of aliphatic carboxylic acids is 1. The molecule has 36 heavy (non-hydrogen) atoms. The molecule has 194 valence electrons. The van der Waals surface area contributed by atoms with Gasteiger partial charge in [0.1, 0.15) is 11.9 Å². The van der Waals surface area contributed by atoms with E-state index in [1.54, 1.807) is 0 Å². The lowest BCUT2D eigenvalue weighted by Gasteiger charge is -2.42. The number of piperidine rings is 1. The van der Waals surface area contributed by atoms with Crippen molar-refractivity contribution in [2.45, 2.75) is 63.0 Å². The summed E-state index contributed by atoms with van der Waals surface area (Å²) in [7, 11) is 0. The molecular formula is C30H40N2O4. The van der Waals surface area contributed by atoms with Gasteiger partial charge in [0, 0.05) is 37.9 Å². The Morgan fingerprint density at radius 3 is 2.61 bits per heavy atom. The van der Waals surface area contributed by atoms with Crippen molar-refractivity contribution in [3.05, 3.63) is 65.7 Å². The smallest absolute Gasteiger partial charge is 0.304 e. The van der Waals surface area contributed by atoms with Gasteiger partial charge < -0.3 is 24.8 Å². The van der Waals surface area contributed by atoms with Crippen LogP contribution in [-0.4, -0.2) is 67.5 Å². The molecule has 1 aliphatic carbocycles. The first-order valence-corrected chi connectivity index (χ1v) is 13.6. The number of nitrogens with one attached hydrogen (secondary N) is 1. The summed E-state index contributed by atoms with van der Waals surface area (Å²) in [5.41, 5.74) is 2.93. The van der Waals surface area contributed by atoms with E-state index in [4.69, 9.17) is 14.6 Å². The maximum Gasteiger partial charge on any atom is 0.304 e. The van der Waals surface area contributed by atoms with Crippen LogP contribution in [0.3, 0.4) is 0 Å². The average molecular weight is 493 g/mol. The molecule has 5 rings (SSSR count). The third kappa shape index (κ3) is 6.87. The Hall–Kier alpha value is -2.41. The van der Waals surface area contributed by atoms with Crippen molar-refractivity contribution in [1.82, 2.24) is 10.2 Å². The highest BCUT2D eigenvalue weighted by Gasteiger charge is 2.41. The SMILES string of the molecule is O=C(O)CCN1CCC(CNC2CC2c2ccccc2)(Cc2cccc(OC3CCOCC3)c2)CC1. The van der Waals surface area contributed by atoms with Crippen LogP contribution in [0, 0.1) is 5.41 Å². The van der Waals surface area contributed by atoms with E-state index in [-0.39, 0.29) is 17.9 Å². The van der Waals surface area contributed by atoms with E-state index >= 15 is 0 Å². The fraction of sp³-hybridized carbons (Fsp3) is 0.567. The average Bonchev–Trinajstić information content (AvgIpc) is 3.69. The molecule has 2 aromatic carbocycles. The third-order valence-corrected chi connectivity index (χ3v) is 8.26. The summed E-state index contributed by atoms with van der Waals surface area (Å²) in [5.74, 6) is 0.873. The summed E-state index contributed by atoms with van der Waals surface area (Å²) in [4.78, 5) is 13.4. The lowest BCUT2D eigenvalue weighted by atomic mass is 9.73. The lowest BCUT2D eigenvalue weighted by molar-refractivity contribution is -0.137. The fourth-order valence-electron chi connectivity index (χ4n) is 5.91. The number of nitrogens with zero attached hydrogens (tertiary/aromatic N) is 1. The van der Waals surface area contributed by atoms with Crippen molar-refractivity contribution in [1.29, 1.82) is 0 Å². The molecule has 2 heterocycles. The number of likely N-dealkylation sites (tertiary alicyclic amines) is 1. The molecular weight excluding hydrogens is 452 g/mol. The van der Waals surface area contributed by atoms with Gasteiger partial charge in [-0.2, -0.15) is 0 Å². The van der Waals surface area contributed by atoms with Gasteiger partial charge in [-0.05, 0) is 67.4 Å². The molecule has 0 radical (unpaired) electrons. The summed E-state index contributed by atoms with van der Waals surface area (Å²) in [6.07, 6.45) is 6.74. The van der Waals surface area contributed by atoms with Crippen LogP contribution in [0.25, 0.3) is 0 Å². The highest BCUT2D eigenvalue weighted by atomic mass is 16.5. The zero-order chi connectivity index (χ0) is 24.8. The summed E-state index contributed by atoms with van der Waals surface area (Å²) in [6, 6.07) is 20.1. The van der Waals surface area contributed by atoms with E-state index in [0.717, 1.165) is 70.7 Å². The third-order valence-electron chi connectivity index (χ3n) is 8.26. The van der Waals surface area contributed by atoms with Crippen molar-refractivity contribution >= 4 is 5.97 Å². The molecule has 0 spiro atoms. The first-order chi connectivity index (χ1) is 17.6. The maximum absolute atomic E-state index is 11.1. The second kappa shape index (κ2) is 11.8. The molecule has 2 aromatic rings. The number of carbonyl (C=O) groups is 1. The first-order valence-electron chi connectivity index (χ1n) is 13.6. The molecule has 0 bridgehead atoms. The van der Waals surface area contributed by atoms with Crippen molar-refractivity contribution in [2.24, 2.45) is 5.41 Å². The second-order valence-corrected chi connectivity index (χ2v) is 11.0. The Morgan fingerprint density at radius 2 is 1.86 bits per heavy atom. The molecule has 2 atom stereocenters. The monoisotopic (exact) mass is 492 g/mol. The highest BCUT2D eigenvalue weighted by Crippen LogP contribution is 2.42. The summed E-state index contributed by atoms with van der Waals surface area (Å²) in [6.45, 7) is 5.12. The highest BCUT2D eigenvalue weighted by molar-refractivity contribution is 5.66. The topological polar surface area (TPSA) is 71.0 Å². The zero-order valence-electron chi connectivity index (χ0n) is 21.2. The molecule has 2 aliphatic heterocycles. The van der Waals surface area contributed by atoms with Gasteiger partial charge in [0.25, 0.3) is 0 Å². The van der Waals surface area contributed by atoms with E-state index in [2.05, 4.69) is 64.8 Å². The van der Waals surface area contributed by atoms with Crippen LogP contribution in [0.2, 0.25) is 0 Å². The Kier molecular flexibility index (Phi) is 8.25. The number of hydrogen-bond acceptors (Lipinski definition) is 5. The van der Waals surface area contributed by atoms with Crippen molar-refractivity contribution < 1.29 is 19.4 Å².